The van der Waals surface area contributed by atoms with Crippen LogP contribution in [-0.4, -0.2) is 69.2 Å². The largest absolute Gasteiger partial charge is 0.504 e. The number of carboxylic acids is 2. The van der Waals surface area contributed by atoms with Gasteiger partial charge in [-0.3, -0.25) is 9.69 Å². The average Bonchev–Trinajstić information content (AvgIpc) is 2.99. The Bertz CT molecular complexity index is 1250. The Labute approximate surface area is 240 Å². The Hall–Kier alpha value is -4.37. The molecule has 0 atom stereocenters. The molecule has 3 aromatic carbocycles. The number of carbonyl (C=O) groups is 3. The van der Waals surface area contributed by atoms with Crippen LogP contribution < -0.4 is 4.74 Å². The second-order valence-electron chi connectivity index (χ2n) is 9.84. The number of benzene rings is 3. The summed E-state index contributed by atoms with van der Waals surface area (Å²) in [5.74, 6) is -2.60. The molecule has 1 heterocycles. The molecular formula is C32H38N2O7. The molecule has 0 spiro atoms. The van der Waals surface area contributed by atoms with Crippen LogP contribution in [0, 0.1) is 5.92 Å². The summed E-state index contributed by atoms with van der Waals surface area (Å²) in [6.45, 7) is 6.14. The fourth-order valence-electron chi connectivity index (χ4n) is 4.78. The fraction of sp³-hybridized carbons (Fsp3) is 0.344. The number of rotatable bonds is 10. The predicted molar refractivity (Wildman–Crippen MR) is 155 cm³/mol. The van der Waals surface area contributed by atoms with E-state index in [-0.39, 0.29) is 17.6 Å². The van der Waals surface area contributed by atoms with E-state index in [0.717, 1.165) is 50.0 Å². The van der Waals surface area contributed by atoms with E-state index in [4.69, 9.17) is 24.5 Å². The molecule has 0 saturated carbocycles. The number of aromatic hydroxyl groups is 1. The summed E-state index contributed by atoms with van der Waals surface area (Å²) in [5.41, 5.74) is 3.28. The quantitative estimate of drug-likeness (QED) is 0.310. The second-order valence-corrected chi connectivity index (χ2v) is 9.84. The van der Waals surface area contributed by atoms with Gasteiger partial charge in [0.1, 0.15) is 0 Å². The normalized spacial score (nSPS) is 13.5. The molecule has 1 fully saturated rings. The molecular weight excluding hydrogens is 524 g/mol. The molecule has 0 aliphatic carbocycles. The van der Waals surface area contributed by atoms with Gasteiger partial charge in [-0.1, -0.05) is 72.8 Å². The fourth-order valence-corrected chi connectivity index (χ4v) is 4.78. The van der Waals surface area contributed by atoms with Gasteiger partial charge in [0.2, 0.25) is 5.91 Å². The summed E-state index contributed by atoms with van der Waals surface area (Å²) in [4.78, 5) is 36.2. The molecule has 41 heavy (non-hydrogen) atoms. The van der Waals surface area contributed by atoms with Gasteiger partial charge in [0.15, 0.2) is 11.5 Å². The Kier molecular flexibility index (Phi) is 12.2. The van der Waals surface area contributed by atoms with Crippen molar-refractivity contribution >= 4 is 17.8 Å². The minimum atomic E-state index is -1.82. The first-order chi connectivity index (χ1) is 19.8. The maximum atomic E-state index is 13.6. The summed E-state index contributed by atoms with van der Waals surface area (Å²) < 4.78 is 5.53. The Morgan fingerprint density at radius 2 is 1.44 bits per heavy atom. The SMILES string of the molecule is CCOc1cccc(CN2CCC(C(=O)N(CCc3ccccc3)Cc3ccccc3)CC2)c1O.O=C(O)C(=O)O. The van der Waals surface area contributed by atoms with E-state index in [1.165, 1.54) is 5.56 Å². The number of likely N-dealkylation sites (tertiary alicyclic amines) is 1. The number of nitrogens with zero attached hydrogens (tertiary/aromatic N) is 2. The van der Waals surface area contributed by atoms with Gasteiger partial charge in [-0.25, -0.2) is 9.59 Å². The van der Waals surface area contributed by atoms with E-state index < -0.39 is 11.9 Å². The number of carbonyl (C=O) groups excluding carboxylic acids is 1. The van der Waals surface area contributed by atoms with Crippen LogP contribution in [0.3, 0.4) is 0 Å². The molecule has 4 rings (SSSR count). The van der Waals surface area contributed by atoms with Crippen molar-refractivity contribution < 1.29 is 34.4 Å². The van der Waals surface area contributed by atoms with Crippen LogP contribution in [0.25, 0.3) is 0 Å². The molecule has 0 bridgehead atoms. The number of aliphatic carboxylic acids is 2. The summed E-state index contributed by atoms with van der Waals surface area (Å²) in [6.07, 6.45) is 2.52. The van der Waals surface area contributed by atoms with E-state index in [1.807, 2.05) is 48.2 Å². The lowest BCUT2D eigenvalue weighted by atomic mass is 9.94. The van der Waals surface area contributed by atoms with Gasteiger partial charge in [0.25, 0.3) is 0 Å². The highest BCUT2D eigenvalue weighted by Gasteiger charge is 2.29. The van der Waals surface area contributed by atoms with Crippen molar-refractivity contribution in [1.29, 1.82) is 0 Å². The molecule has 218 valence electrons. The van der Waals surface area contributed by atoms with Crippen molar-refractivity contribution in [2.45, 2.75) is 39.3 Å². The molecule has 1 amide bonds. The Balaban J connectivity index is 0.000000696. The zero-order chi connectivity index (χ0) is 29.6. The van der Waals surface area contributed by atoms with Gasteiger partial charge in [0.05, 0.1) is 6.61 Å². The molecule has 0 aromatic heterocycles. The van der Waals surface area contributed by atoms with Gasteiger partial charge in [-0.2, -0.15) is 0 Å². The number of para-hydroxylation sites is 1. The van der Waals surface area contributed by atoms with Crippen LogP contribution in [0.2, 0.25) is 0 Å². The minimum Gasteiger partial charge on any atom is -0.504 e. The third-order valence-electron chi connectivity index (χ3n) is 6.94. The van der Waals surface area contributed by atoms with E-state index in [1.54, 1.807) is 6.07 Å². The van der Waals surface area contributed by atoms with Crippen molar-refractivity contribution in [3.8, 4) is 11.5 Å². The molecule has 0 radical (unpaired) electrons. The maximum Gasteiger partial charge on any atom is 0.414 e. The number of phenolic OH excluding ortho intramolecular Hbond substituents is 1. The molecule has 0 unspecified atom stereocenters. The van der Waals surface area contributed by atoms with Crippen LogP contribution in [-0.2, 0) is 33.9 Å². The highest BCUT2D eigenvalue weighted by molar-refractivity contribution is 6.27. The molecule has 3 N–H and O–H groups in total. The van der Waals surface area contributed by atoms with Crippen molar-refractivity contribution in [3.05, 3.63) is 95.6 Å². The topological polar surface area (TPSA) is 128 Å². The number of amides is 1. The highest BCUT2D eigenvalue weighted by Crippen LogP contribution is 2.32. The lowest BCUT2D eigenvalue weighted by Gasteiger charge is -2.34. The van der Waals surface area contributed by atoms with Crippen LogP contribution >= 0.6 is 0 Å². The molecule has 1 aliphatic heterocycles. The number of phenols is 1. The highest BCUT2D eigenvalue weighted by atomic mass is 16.5. The first-order valence-corrected chi connectivity index (χ1v) is 13.8. The Morgan fingerprint density at radius 3 is 2.00 bits per heavy atom. The van der Waals surface area contributed by atoms with E-state index in [9.17, 15) is 9.90 Å². The lowest BCUT2D eigenvalue weighted by Crippen LogP contribution is -2.42. The molecule has 9 heteroatoms. The lowest BCUT2D eigenvalue weighted by molar-refractivity contribution is -0.159. The number of carboxylic acid groups (broad SMARTS) is 2. The van der Waals surface area contributed by atoms with Gasteiger partial charge in [-0.05, 0) is 56.5 Å². The smallest absolute Gasteiger partial charge is 0.414 e. The summed E-state index contributed by atoms with van der Waals surface area (Å²) in [6, 6.07) is 26.3. The standard InChI is InChI=1S/C30H36N2O3.C2H2O4/c1-2-35-28-15-9-14-27(29(28)33)23-31-19-17-26(18-20-31)30(34)32(22-25-12-7-4-8-13-25)21-16-24-10-5-3-6-11-24;3-1(4)2(5)6/h3-15,26,33H,2,16-23H2,1H3;(H,3,4)(H,5,6). The predicted octanol–water partition coefficient (Wildman–Crippen LogP) is 4.43. The third-order valence-corrected chi connectivity index (χ3v) is 6.94. The minimum absolute atomic E-state index is 0.0362. The second kappa shape index (κ2) is 16.0. The monoisotopic (exact) mass is 562 g/mol. The number of piperidine rings is 1. The first kappa shape index (κ1) is 31.2. The van der Waals surface area contributed by atoms with Gasteiger partial charge in [-0.15, -0.1) is 0 Å². The zero-order valence-corrected chi connectivity index (χ0v) is 23.3. The van der Waals surface area contributed by atoms with Crippen LogP contribution in [0.5, 0.6) is 11.5 Å². The van der Waals surface area contributed by atoms with Gasteiger partial charge >= 0.3 is 11.9 Å². The molecule has 1 saturated heterocycles. The van der Waals surface area contributed by atoms with Crippen molar-refractivity contribution in [2.75, 3.05) is 26.2 Å². The summed E-state index contributed by atoms with van der Waals surface area (Å²) >= 11 is 0. The van der Waals surface area contributed by atoms with E-state index >= 15 is 0 Å². The number of hydrogen-bond acceptors (Lipinski definition) is 6. The third kappa shape index (κ3) is 9.95. The Morgan fingerprint density at radius 1 is 0.854 bits per heavy atom. The van der Waals surface area contributed by atoms with Crippen LogP contribution in [0.4, 0.5) is 0 Å². The van der Waals surface area contributed by atoms with Gasteiger partial charge < -0.3 is 25.0 Å². The van der Waals surface area contributed by atoms with Crippen LogP contribution in [0.1, 0.15) is 36.5 Å². The molecule has 9 nitrogen and oxygen atoms in total. The maximum absolute atomic E-state index is 13.6. The molecule has 1 aliphatic rings. The van der Waals surface area contributed by atoms with Crippen molar-refractivity contribution in [2.24, 2.45) is 5.92 Å². The average molecular weight is 563 g/mol. The number of hydrogen-bond donors (Lipinski definition) is 3. The van der Waals surface area contributed by atoms with Crippen LogP contribution in [0.15, 0.2) is 78.9 Å². The van der Waals surface area contributed by atoms with Gasteiger partial charge in [0, 0.05) is 31.1 Å². The van der Waals surface area contributed by atoms with Crippen molar-refractivity contribution in [3.63, 3.8) is 0 Å². The molecule has 3 aromatic rings. The zero-order valence-electron chi connectivity index (χ0n) is 23.3. The van der Waals surface area contributed by atoms with E-state index in [2.05, 4.69) is 41.3 Å². The summed E-state index contributed by atoms with van der Waals surface area (Å²) in [5, 5.41) is 25.3. The van der Waals surface area contributed by atoms with Crippen molar-refractivity contribution in [1.82, 2.24) is 9.80 Å². The summed E-state index contributed by atoms with van der Waals surface area (Å²) in [7, 11) is 0. The first-order valence-electron chi connectivity index (χ1n) is 13.8. The van der Waals surface area contributed by atoms with E-state index in [0.29, 0.717) is 25.4 Å². The number of ether oxygens (including phenoxy) is 1.